The minimum Gasteiger partial charge on any atom is -0.377 e. The fourth-order valence-electron chi connectivity index (χ4n) is 2.60. The summed E-state index contributed by atoms with van der Waals surface area (Å²) in [5, 5.41) is 7.50. The number of rotatable bonds is 7. The maximum absolute atomic E-state index is 5.14. The summed E-state index contributed by atoms with van der Waals surface area (Å²) in [4.78, 5) is 8.98. The molecule has 0 aliphatic heterocycles. The van der Waals surface area contributed by atoms with Crippen LogP contribution in [0.2, 0.25) is 0 Å². The van der Waals surface area contributed by atoms with Crippen molar-refractivity contribution >= 4 is 23.4 Å². The number of nitrogens with one attached hydrogen (secondary N) is 2. The summed E-state index contributed by atoms with van der Waals surface area (Å²) >= 11 is 1.94. The number of thioether (sulfide) groups is 1. The van der Waals surface area contributed by atoms with Gasteiger partial charge in [-0.05, 0) is 26.0 Å². The summed E-state index contributed by atoms with van der Waals surface area (Å²) in [7, 11) is 1.66. The standard InChI is InChI=1S/C14H24N4OS/c1-4-15-12-8-13(18-14(17-12)9-19-2)16-10-6-5-7-11(10)20-3/h8,10-11H,4-7,9H2,1-3H3,(H2,15,16,17,18). The SMILES string of the molecule is CCNc1cc(NC2CCCC2SC)nc(COC)n1. The second kappa shape index (κ2) is 7.69. The predicted octanol–water partition coefficient (Wildman–Crippen LogP) is 2.75. The van der Waals surface area contributed by atoms with Crippen molar-refractivity contribution in [3.63, 3.8) is 0 Å². The van der Waals surface area contributed by atoms with Crippen LogP contribution in [0.25, 0.3) is 0 Å². The van der Waals surface area contributed by atoms with E-state index in [0.717, 1.165) is 18.2 Å². The van der Waals surface area contributed by atoms with Crippen LogP contribution in [0.3, 0.4) is 0 Å². The van der Waals surface area contributed by atoms with E-state index < -0.39 is 0 Å². The summed E-state index contributed by atoms with van der Waals surface area (Å²) in [6, 6.07) is 2.49. The van der Waals surface area contributed by atoms with Gasteiger partial charge in [0.2, 0.25) is 0 Å². The quantitative estimate of drug-likeness (QED) is 0.807. The first-order valence-corrected chi connectivity index (χ1v) is 8.45. The molecule has 2 N–H and O–H groups in total. The zero-order chi connectivity index (χ0) is 14.4. The van der Waals surface area contributed by atoms with Crippen molar-refractivity contribution in [1.82, 2.24) is 9.97 Å². The first-order chi connectivity index (χ1) is 9.76. The van der Waals surface area contributed by atoms with E-state index in [9.17, 15) is 0 Å². The van der Waals surface area contributed by atoms with Crippen molar-refractivity contribution in [1.29, 1.82) is 0 Å². The Labute approximate surface area is 125 Å². The van der Waals surface area contributed by atoms with Gasteiger partial charge in [-0.1, -0.05) is 6.42 Å². The van der Waals surface area contributed by atoms with E-state index in [2.05, 4.69) is 33.8 Å². The highest BCUT2D eigenvalue weighted by Crippen LogP contribution is 2.30. The van der Waals surface area contributed by atoms with Crippen molar-refractivity contribution in [3.05, 3.63) is 11.9 Å². The average molecular weight is 296 g/mol. The molecule has 1 heterocycles. The fraction of sp³-hybridized carbons (Fsp3) is 0.714. The third-order valence-corrected chi connectivity index (χ3v) is 4.66. The van der Waals surface area contributed by atoms with Gasteiger partial charge < -0.3 is 15.4 Å². The van der Waals surface area contributed by atoms with Crippen molar-refractivity contribution in [3.8, 4) is 0 Å². The van der Waals surface area contributed by atoms with Gasteiger partial charge in [0, 0.05) is 31.0 Å². The normalized spacial score (nSPS) is 21.9. The molecule has 0 radical (unpaired) electrons. The van der Waals surface area contributed by atoms with Crippen LogP contribution in [-0.2, 0) is 11.3 Å². The molecule has 1 saturated carbocycles. The second-order valence-electron chi connectivity index (χ2n) is 4.97. The molecule has 1 aromatic heterocycles. The molecule has 1 aliphatic rings. The summed E-state index contributed by atoms with van der Waals surface area (Å²) in [6.07, 6.45) is 5.98. The molecule has 112 valence electrons. The molecule has 0 saturated heterocycles. The zero-order valence-corrected chi connectivity index (χ0v) is 13.3. The van der Waals surface area contributed by atoms with Crippen LogP contribution in [0.5, 0.6) is 0 Å². The van der Waals surface area contributed by atoms with Crippen molar-refractivity contribution in [2.45, 2.75) is 44.1 Å². The van der Waals surface area contributed by atoms with Gasteiger partial charge in [-0.2, -0.15) is 11.8 Å². The Bertz CT molecular complexity index is 405. The Balaban J connectivity index is 2.12. The van der Waals surface area contributed by atoms with Crippen molar-refractivity contribution in [2.75, 3.05) is 30.5 Å². The molecule has 6 heteroatoms. The van der Waals surface area contributed by atoms with Gasteiger partial charge in [-0.15, -0.1) is 0 Å². The maximum Gasteiger partial charge on any atom is 0.158 e. The van der Waals surface area contributed by atoms with Gasteiger partial charge in [-0.25, -0.2) is 9.97 Å². The lowest BCUT2D eigenvalue weighted by atomic mass is 10.2. The largest absolute Gasteiger partial charge is 0.377 e. The molecule has 1 aromatic rings. The Hall–Kier alpha value is -1.01. The number of methoxy groups -OCH3 is 1. The number of hydrogen-bond acceptors (Lipinski definition) is 6. The molecule has 1 aliphatic carbocycles. The number of aromatic nitrogens is 2. The predicted molar refractivity (Wildman–Crippen MR) is 85.5 cm³/mol. The first-order valence-electron chi connectivity index (χ1n) is 7.17. The van der Waals surface area contributed by atoms with Gasteiger partial charge in [-0.3, -0.25) is 0 Å². The molecule has 0 amide bonds. The number of ether oxygens (including phenoxy) is 1. The number of hydrogen-bond donors (Lipinski definition) is 2. The molecule has 2 atom stereocenters. The number of nitrogens with zero attached hydrogens (tertiary/aromatic N) is 2. The summed E-state index contributed by atoms with van der Waals surface area (Å²) in [5.41, 5.74) is 0. The molecule has 2 unspecified atom stereocenters. The van der Waals surface area contributed by atoms with E-state index in [1.54, 1.807) is 7.11 Å². The zero-order valence-electron chi connectivity index (χ0n) is 12.5. The molecular weight excluding hydrogens is 272 g/mol. The highest BCUT2D eigenvalue weighted by Gasteiger charge is 2.26. The van der Waals surface area contributed by atoms with Crippen LogP contribution in [0.15, 0.2) is 6.07 Å². The third-order valence-electron chi connectivity index (χ3n) is 3.49. The van der Waals surface area contributed by atoms with Gasteiger partial charge in [0.15, 0.2) is 5.82 Å². The van der Waals surface area contributed by atoms with Gasteiger partial charge in [0.1, 0.15) is 18.2 Å². The molecule has 1 fully saturated rings. The van der Waals surface area contributed by atoms with Gasteiger partial charge in [0.25, 0.3) is 0 Å². The average Bonchev–Trinajstić information content (AvgIpc) is 2.86. The van der Waals surface area contributed by atoms with Crippen LogP contribution >= 0.6 is 11.8 Å². The Kier molecular flexibility index (Phi) is 5.91. The highest BCUT2D eigenvalue weighted by molar-refractivity contribution is 7.99. The van der Waals surface area contributed by atoms with Crippen LogP contribution < -0.4 is 10.6 Å². The monoisotopic (exact) mass is 296 g/mol. The number of anilines is 2. The van der Waals surface area contributed by atoms with Gasteiger partial charge >= 0.3 is 0 Å². The van der Waals surface area contributed by atoms with Crippen LogP contribution in [0.1, 0.15) is 32.0 Å². The molecule has 2 rings (SSSR count). The minimum atomic E-state index is 0.435. The molecule has 20 heavy (non-hydrogen) atoms. The summed E-state index contributed by atoms with van der Waals surface area (Å²) in [5.74, 6) is 2.47. The topological polar surface area (TPSA) is 59.1 Å². The summed E-state index contributed by atoms with van der Waals surface area (Å²) in [6.45, 7) is 3.34. The molecule has 0 aromatic carbocycles. The van der Waals surface area contributed by atoms with E-state index in [4.69, 9.17) is 4.74 Å². The van der Waals surface area contributed by atoms with E-state index in [1.807, 2.05) is 17.8 Å². The highest BCUT2D eigenvalue weighted by atomic mass is 32.2. The molecule has 5 nitrogen and oxygen atoms in total. The lowest BCUT2D eigenvalue weighted by molar-refractivity contribution is 0.178. The molecule has 0 bridgehead atoms. The minimum absolute atomic E-state index is 0.435. The van der Waals surface area contributed by atoms with E-state index in [0.29, 0.717) is 23.7 Å². The van der Waals surface area contributed by atoms with E-state index in [-0.39, 0.29) is 0 Å². The summed E-state index contributed by atoms with van der Waals surface area (Å²) < 4.78 is 5.14. The molecular formula is C14H24N4OS. The Morgan fingerprint density at radius 3 is 2.85 bits per heavy atom. The van der Waals surface area contributed by atoms with E-state index in [1.165, 1.54) is 19.3 Å². The first kappa shape index (κ1) is 15.4. The van der Waals surface area contributed by atoms with Crippen LogP contribution in [0, 0.1) is 0 Å². The van der Waals surface area contributed by atoms with E-state index >= 15 is 0 Å². The maximum atomic E-state index is 5.14. The van der Waals surface area contributed by atoms with Gasteiger partial charge in [0.05, 0.1) is 0 Å². The van der Waals surface area contributed by atoms with Crippen molar-refractivity contribution in [2.24, 2.45) is 0 Å². The third kappa shape index (κ3) is 3.99. The van der Waals surface area contributed by atoms with Crippen LogP contribution in [-0.4, -0.2) is 41.2 Å². The lowest BCUT2D eigenvalue weighted by Gasteiger charge is -2.20. The molecule has 0 spiro atoms. The Morgan fingerprint density at radius 1 is 1.35 bits per heavy atom. The smallest absolute Gasteiger partial charge is 0.158 e. The Morgan fingerprint density at radius 2 is 2.15 bits per heavy atom. The lowest BCUT2D eigenvalue weighted by Crippen LogP contribution is -2.26. The van der Waals surface area contributed by atoms with Crippen LogP contribution in [0.4, 0.5) is 11.6 Å². The fourth-order valence-corrected chi connectivity index (χ4v) is 3.53. The second-order valence-corrected chi connectivity index (χ2v) is 6.05. The van der Waals surface area contributed by atoms with Crippen molar-refractivity contribution < 1.29 is 4.74 Å².